The molecule has 1 aliphatic heterocycles. The van der Waals surface area contributed by atoms with Gasteiger partial charge >= 0.3 is 0 Å². The number of aromatic nitrogens is 1. The summed E-state index contributed by atoms with van der Waals surface area (Å²) in [5.74, 6) is 0.613. The Balaban J connectivity index is 2.10. The summed E-state index contributed by atoms with van der Waals surface area (Å²) in [5.41, 5.74) is 0. The molecule has 0 N–H and O–H groups in total. The minimum Gasteiger partial charge on any atom is -0.357 e. The fraction of sp³-hybridized carbons (Fsp3) is 0.400. The maximum Gasteiger partial charge on any atom is 0.141 e. The van der Waals surface area contributed by atoms with E-state index < -0.39 is 0 Å². The van der Waals surface area contributed by atoms with Crippen molar-refractivity contribution in [3.8, 4) is 0 Å². The van der Waals surface area contributed by atoms with Crippen LogP contribution in [0.2, 0.25) is 0 Å². The van der Waals surface area contributed by atoms with E-state index in [0.29, 0.717) is 0 Å². The average Bonchev–Trinajstić information content (AvgIpc) is 2.20. The molecular weight excluding hydrogens is 167 g/mol. The average molecular weight is 179 g/mol. The fourth-order valence-corrected chi connectivity index (χ4v) is 1.53. The van der Waals surface area contributed by atoms with Crippen LogP contribution in [-0.2, 0) is 0 Å². The predicted molar refractivity (Wildman–Crippen MR) is 49.9 cm³/mol. The zero-order valence-electron chi connectivity index (χ0n) is 7.41. The molecule has 0 saturated carbocycles. The van der Waals surface area contributed by atoms with E-state index in [9.17, 15) is 4.39 Å². The lowest BCUT2D eigenvalue weighted by Crippen LogP contribution is -2.30. The van der Waals surface area contributed by atoms with E-state index in [0.717, 1.165) is 31.7 Å². The first kappa shape index (κ1) is 8.48. The van der Waals surface area contributed by atoms with Crippen LogP contribution in [0, 0.1) is 12.2 Å². The Bertz CT molecular complexity index is 265. The maximum atomic E-state index is 12.6. The lowest BCUT2D eigenvalue weighted by molar-refractivity contribution is 0.617. The zero-order valence-corrected chi connectivity index (χ0v) is 7.41. The molecule has 13 heavy (non-hydrogen) atoms. The van der Waals surface area contributed by atoms with E-state index >= 15 is 0 Å². The Morgan fingerprint density at radius 2 is 2.00 bits per heavy atom. The molecule has 0 aliphatic carbocycles. The number of halogens is 1. The van der Waals surface area contributed by atoms with Gasteiger partial charge in [-0.25, -0.2) is 9.37 Å². The van der Waals surface area contributed by atoms with Crippen molar-refractivity contribution < 1.29 is 4.39 Å². The first-order valence-electron chi connectivity index (χ1n) is 4.54. The number of piperidine rings is 1. The molecule has 0 atom stereocenters. The maximum absolute atomic E-state index is 12.6. The first-order chi connectivity index (χ1) is 6.36. The van der Waals surface area contributed by atoms with Gasteiger partial charge in [0.1, 0.15) is 11.6 Å². The van der Waals surface area contributed by atoms with Crippen molar-refractivity contribution in [2.75, 3.05) is 18.0 Å². The van der Waals surface area contributed by atoms with Crippen molar-refractivity contribution in [3.05, 3.63) is 30.6 Å². The molecule has 1 aromatic rings. The van der Waals surface area contributed by atoms with Crippen LogP contribution in [0.15, 0.2) is 18.3 Å². The molecule has 1 radical (unpaired) electrons. The molecule has 1 fully saturated rings. The third kappa shape index (κ3) is 1.97. The molecule has 1 saturated heterocycles. The van der Waals surface area contributed by atoms with Crippen molar-refractivity contribution in [3.63, 3.8) is 0 Å². The topological polar surface area (TPSA) is 16.1 Å². The van der Waals surface area contributed by atoms with Gasteiger partial charge in [-0.2, -0.15) is 0 Å². The Hall–Kier alpha value is -1.12. The minimum atomic E-state index is -0.271. The minimum absolute atomic E-state index is 0.271. The Labute approximate surface area is 77.4 Å². The van der Waals surface area contributed by atoms with Crippen molar-refractivity contribution in [1.82, 2.24) is 4.98 Å². The van der Waals surface area contributed by atoms with Gasteiger partial charge in [0.2, 0.25) is 0 Å². The molecule has 3 heteroatoms. The van der Waals surface area contributed by atoms with Gasteiger partial charge in [0.15, 0.2) is 0 Å². The highest BCUT2D eigenvalue weighted by Gasteiger charge is 2.11. The molecule has 0 bridgehead atoms. The van der Waals surface area contributed by atoms with Gasteiger partial charge in [0, 0.05) is 13.1 Å². The number of rotatable bonds is 1. The number of hydrogen-bond acceptors (Lipinski definition) is 2. The van der Waals surface area contributed by atoms with Gasteiger partial charge in [-0.1, -0.05) is 0 Å². The summed E-state index contributed by atoms with van der Waals surface area (Å²) in [6.45, 7) is 2.00. The Kier molecular flexibility index (Phi) is 2.43. The van der Waals surface area contributed by atoms with E-state index in [1.807, 2.05) is 0 Å². The van der Waals surface area contributed by atoms with Crippen LogP contribution in [0.25, 0.3) is 0 Å². The normalized spacial score (nSPS) is 17.5. The quantitative estimate of drug-likeness (QED) is 0.655. The molecule has 0 aromatic carbocycles. The van der Waals surface area contributed by atoms with Gasteiger partial charge in [0.05, 0.1) is 6.20 Å². The zero-order chi connectivity index (χ0) is 9.10. The molecule has 2 nitrogen and oxygen atoms in total. The lowest BCUT2D eigenvalue weighted by Gasteiger charge is -2.27. The van der Waals surface area contributed by atoms with Gasteiger partial charge in [-0.3, -0.25) is 0 Å². The highest BCUT2D eigenvalue weighted by atomic mass is 19.1. The van der Waals surface area contributed by atoms with Crippen molar-refractivity contribution in [1.29, 1.82) is 0 Å². The fourth-order valence-electron chi connectivity index (χ4n) is 1.53. The van der Waals surface area contributed by atoms with E-state index in [-0.39, 0.29) is 5.82 Å². The molecule has 0 amide bonds. The SMILES string of the molecule is Fc1ccc(N2CC[CH]CC2)nc1. The van der Waals surface area contributed by atoms with Crippen molar-refractivity contribution in [2.24, 2.45) is 0 Å². The number of anilines is 1. The van der Waals surface area contributed by atoms with Crippen LogP contribution in [0.3, 0.4) is 0 Å². The van der Waals surface area contributed by atoms with E-state index in [1.165, 1.54) is 12.3 Å². The third-order valence-electron chi connectivity index (χ3n) is 2.24. The Morgan fingerprint density at radius 1 is 1.23 bits per heavy atom. The van der Waals surface area contributed by atoms with Crippen molar-refractivity contribution >= 4 is 5.82 Å². The molecule has 1 aliphatic rings. The molecular formula is C10H12FN2. The molecule has 1 aromatic heterocycles. The van der Waals surface area contributed by atoms with Gasteiger partial charge < -0.3 is 4.90 Å². The Morgan fingerprint density at radius 3 is 2.62 bits per heavy atom. The number of hydrogen-bond donors (Lipinski definition) is 0. The van der Waals surface area contributed by atoms with E-state index in [1.54, 1.807) is 6.07 Å². The summed E-state index contributed by atoms with van der Waals surface area (Å²) in [7, 11) is 0. The molecule has 2 heterocycles. The van der Waals surface area contributed by atoms with Crippen LogP contribution in [0.1, 0.15) is 12.8 Å². The monoisotopic (exact) mass is 179 g/mol. The summed E-state index contributed by atoms with van der Waals surface area (Å²) in [5, 5.41) is 0. The van der Waals surface area contributed by atoms with Gasteiger partial charge in [-0.05, 0) is 31.4 Å². The van der Waals surface area contributed by atoms with E-state index in [2.05, 4.69) is 16.3 Å². The second-order valence-electron chi connectivity index (χ2n) is 3.19. The third-order valence-corrected chi connectivity index (χ3v) is 2.24. The standard InChI is InChI=1S/C10H12FN2/c11-9-4-5-10(12-8-9)13-6-2-1-3-7-13/h1,4-5,8H,2-3,6-7H2. The molecule has 0 unspecified atom stereocenters. The predicted octanol–water partition coefficient (Wildman–Crippen LogP) is 2.03. The lowest BCUT2D eigenvalue weighted by atomic mass is 10.1. The summed E-state index contributed by atoms with van der Waals surface area (Å²) in [6, 6.07) is 3.20. The van der Waals surface area contributed by atoms with Crippen LogP contribution >= 0.6 is 0 Å². The van der Waals surface area contributed by atoms with Gasteiger partial charge in [-0.15, -0.1) is 0 Å². The van der Waals surface area contributed by atoms with Crippen LogP contribution < -0.4 is 4.90 Å². The molecule has 0 spiro atoms. The first-order valence-corrected chi connectivity index (χ1v) is 4.54. The number of pyridine rings is 1. The largest absolute Gasteiger partial charge is 0.357 e. The molecule has 2 rings (SSSR count). The van der Waals surface area contributed by atoms with E-state index in [4.69, 9.17) is 0 Å². The summed E-state index contributed by atoms with van der Waals surface area (Å²) < 4.78 is 12.6. The highest BCUT2D eigenvalue weighted by Crippen LogP contribution is 2.16. The molecule has 69 valence electrons. The smallest absolute Gasteiger partial charge is 0.141 e. The summed E-state index contributed by atoms with van der Waals surface area (Å²) in [4.78, 5) is 6.22. The van der Waals surface area contributed by atoms with Crippen LogP contribution in [0.5, 0.6) is 0 Å². The van der Waals surface area contributed by atoms with Crippen LogP contribution in [-0.4, -0.2) is 18.1 Å². The highest BCUT2D eigenvalue weighted by molar-refractivity contribution is 5.38. The summed E-state index contributed by atoms with van der Waals surface area (Å²) in [6.07, 6.45) is 5.74. The van der Waals surface area contributed by atoms with Crippen molar-refractivity contribution in [2.45, 2.75) is 12.8 Å². The second-order valence-corrected chi connectivity index (χ2v) is 3.19. The summed E-state index contributed by atoms with van der Waals surface area (Å²) >= 11 is 0. The van der Waals surface area contributed by atoms with Gasteiger partial charge in [0.25, 0.3) is 0 Å². The number of nitrogens with zero attached hydrogens (tertiary/aromatic N) is 2. The second kappa shape index (κ2) is 3.73. The van der Waals surface area contributed by atoms with Crippen LogP contribution in [0.4, 0.5) is 10.2 Å².